The fourth-order valence-corrected chi connectivity index (χ4v) is 2.99. The van der Waals surface area contributed by atoms with Crippen LogP contribution in [0.4, 0.5) is 5.69 Å². The zero-order chi connectivity index (χ0) is 13.2. The number of fused-ring (bicyclic) bond motifs is 1. The minimum absolute atomic E-state index is 0.143. The summed E-state index contributed by atoms with van der Waals surface area (Å²) >= 11 is 1.76. The summed E-state index contributed by atoms with van der Waals surface area (Å²) in [6, 6.07) is 8.72. The van der Waals surface area contributed by atoms with E-state index in [0.29, 0.717) is 0 Å². The highest BCUT2D eigenvalue weighted by Crippen LogP contribution is 2.26. The maximum absolute atomic E-state index is 4.40. The van der Waals surface area contributed by atoms with Crippen LogP contribution in [0.3, 0.4) is 0 Å². The van der Waals surface area contributed by atoms with E-state index in [1.807, 2.05) is 6.92 Å². The monoisotopic (exact) mass is 269 g/mol. The average Bonchev–Trinajstić information content (AvgIpc) is 2.86. The number of aromatic nitrogens is 2. The molecule has 2 aromatic heterocycles. The quantitative estimate of drug-likeness (QED) is 0.775. The molecule has 19 heavy (non-hydrogen) atoms. The third kappa shape index (κ3) is 2.44. The summed E-state index contributed by atoms with van der Waals surface area (Å²) in [5.74, 6) is 0. The SMILES string of the molecule is Cc1nccnc1C(C)Nc1ccc2sccc2c1. The number of hydrogen-bond acceptors (Lipinski definition) is 4. The normalized spacial score (nSPS) is 12.5. The van der Waals surface area contributed by atoms with Crippen molar-refractivity contribution in [1.82, 2.24) is 9.97 Å². The molecule has 0 saturated heterocycles. The molecule has 0 saturated carbocycles. The van der Waals surface area contributed by atoms with E-state index in [2.05, 4.69) is 51.9 Å². The van der Waals surface area contributed by atoms with E-state index in [4.69, 9.17) is 0 Å². The van der Waals surface area contributed by atoms with Crippen molar-refractivity contribution >= 4 is 27.1 Å². The molecule has 0 spiro atoms. The third-order valence-electron chi connectivity index (χ3n) is 3.16. The van der Waals surface area contributed by atoms with Crippen LogP contribution < -0.4 is 5.32 Å². The topological polar surface area (TPSA) is 37.8 Å². The third-order valence-corrected chi connectivity index (χ3v) is 4.06. The number of thiophene rings is 1. The van der Waals surface area contributed by atoms with Crippen molar-refractivity contribution in [2.75, 3.05) is 5.32 Å². The fourth-order valence-electron chi connectivity index (χ4n) is 2.22. The van der Waals surface area contributed by atoms with E-state index >= 15 is 0 Å². The van der Waals surface area contributed by atoms with E-state index in [1.54, 1.807) is 23.7 Å². The molecular formula is C15H15N3S. The molecule has 0 aliphatic rings. The van der Waals surface area contributed by atoms with Gasteiger partial charge in [-0.1, -0.05) is 0 Å². The molecule has 3 rings (SSSR count). The highest BCUT2D eigenvalue weighted by atomic mass is 32.1. The number of benzene rings is 1. The molecule has 3 nitrogen and oxygen atoms in total. The Bertz CT molecular complexity index is 705. The van der Waals surface area contributed by atoms with Gasteiger partial charge in [0.2, 0.25) is 0 Å². The molecule has 0 amide bonds. The van der Waals surface area contributed by atoms with Gasteiger partial charge < -0.3 is 5.32 Å². The Morgan fingerprint density at radius 3 is 2.84 bits per heavy atom. The van der Waals surface area contributed by atoms with Crippen LogP contribution in [-0.4, -0.2) is 9.97 Å². The van der Waals surface area contributed by atoms with E-state index in [9.17, 15) is 0 Å². The summed E-state index contributed by atoms with van der Waals surface area (Å²) in [5.41, 5.74) is 3.08. The molecule has 96 valence electrons. The van der Waals surface area contributed by atoms with Gasteiger partial charge >= 0.3 is 0 Å². The Morgan fingerprint density at radius 2 is 2.00 bits per heavy atom. The van der Waals surface area contributed by atoms with E-state index < -0.39 is 0 Å². The summed E-state index contributed by atoms with van der Waals surface area (Å²) in [4.78, 5) is 8.69. The maximum Gasteiger partial charge on any atom is 0.0835 e. The van der Waals surface area contributed by atoms with Crippen LogP contribution in [-0.2, 0) is 0 Å². The van der Waals surface area contributed by atoms with Gasteiger partial charge in [-0.2, -0.15) is 0 Å². The van der Waals surface area contributed by atoms with E-state index in [1.165, 1.54) is 10.1 Å². The summed E-state index contributed by atoms with van der Waals surface area (Å²) < 4.78 is 1.31. The van der Waals surface area contributed by atoms with Crippen LogP contribution >= 0.6 is 11.3 Å². The first-order valence-corrected chi connectivity index (χ1v) is 7.13. The highest BCUT2D eigenvalue weighted by Gasteiger charge is 2.10. The molecule has 0 aliphatic heterocycles. The van der Waals surface area contributed by atoms with Crippen LogP contribution in [0.5, 0.6) is 0 Å². The minimum Gasteiger partial charge on any atom is -0.377 e. The van der Waals surface area contributed by atoms with Crippen molar-refractivity contribution < 1.29 is 0 Å². The maximum atomic E-state index is 4.40. The smallest absolute Gasteiger partial charge is 0.0835 e. The van der Waals surface area contributed by atoms with Crippen molar-refractivity contribution in [3.8, 4) is 0 Å². The van der Waals surface area contributed by atoms with Gasteiger partial charge in [0.15, 0.2) is 0 Å². The van der Waals surface area contributed by atoms with E-state index in [0.717, 1.165) is 17.1 Å². The van der Waals surface area contributed by atoms with Gasteiger partial charge in [0.25, 0.3) is 0 Å². The van der Waals surface area contributed by atoms with Crippen LogP contribution in [0, 0.1) is 6.92 Å². The summed E-state index contributed by atoms with van der Waals surface area (Å²) in [6.45, 7) is 4.09. The molecule has 1 N–H and O–H groups in total. The molecule has 1 aromatic carbocycles. The lowest BCUT2D eigenvalue weighted by Crippen LogP contribution is -2.10. The molecule has 2 heterocycles. The molecule has 4 heteroatoms. The van der Waals surface area contributed by atoms with Crippen LogP contribution in [0.1, 0.15) is 24.4 Å². The highest BCUT2D eigenvalue weighted by molar-refractivity contribution is 7.17. The summed E-state index contributed by atoms with van der Waals surface area (Å²) in [5, 5.41) is 6.87. The van der Waals surface area contributed by atoms with Gasteiger partial charge in [-0.3, -0.25) is 9.97 Å². The molecule has 0 bridgehead atoms. The average molecular weight is 269 g/mol. The van der Waals surface area contributed by atoms with Crippen molar-refractivity contribution in [2.24, 2.45) is 0 Å². The first kappa shape index (κ1) is 12.1. The largest absolute Gasteiger partial charge is 0.377 e. The van der Waals surface area contributed by atoms with Gasteiger partial charge in [-0.15, -0.1) is 11.3 Å². The van der Waals surface area contributed by atoms with Crippen LogP contribution in [0.25, 0.3) is 10.1 Å². The van der Waals surface area contributed by atoms with E-state index in [-0.39, 0.29) is 6.04 Å². The Kier molecular flexibility index (Phi) is 3.17. The van der Waals surface area contributed by atoms with Gasteiger partial charge in [-0.25, -0.2) is 0 Å². The lowest BCUT2D eigenvalue weighted by molar-refractivity contribution is 0.810. The summed E-state index contributed by atoms with van der Waals surface area (Å²) in [7, 11) is 0. The van der Waals surface area contributed by atoms with Crippen molar-refractivity contribution in [3.63, 3.8) is 0 Å². The molecule has 0 radical (unpaired) electrons. The first-order chi connectivity index (χ1) is 9.24. The van der Waals surface area contributed by atoms with Crippen LogP contribution in [0.15, 0.2) is 42.0 Å². The minimum atomic E-state index is 0.143. The second kappa shape index (κ2) is 4.97. The zero-order valence-corrected chi connectivity index (χ0v) is 11.7. The summed E-state index contributed by atoms with van der Waals surface area (Å²) in [6.07, 6.45) is 3.46. The molecule has 1 unspecified atom stereocenters. The zero-order valence-electron chi connectivity index (χ0n) is 10.9. The molecule has 1 atom stereocenters. The molecule has 0 fully saturated rings. The van der Waals surface area contributed by atoms with Gasteiger partial charge in [0, 0.05) is 22.8 Å². The predicted molar refractivity (Wildman–Crippen MR) is 80.6 cm³/mol. The second-order valence-electron chi connectivity index (χ2n) is 4.57. The number of nitrogens with one attached hydrogen (secondary N) is 1. The number of hydrogen-bond donors (Lipinski definition) is 1. The Morgan fingerprint density at radius 1 is 1.16 bits per heavy atom. The Labute approximate surface area is 116 Å². The molecular weight excluding hydrogens is 254 g/mol. The second-order valence-corrected chi connectivity index (χ2v) is 5.51. The van der Waals surface area contributed by atoms with Gasteiger partial charge in [-0.05, 0) is 48.9 Å². The molecule has 0 aliphatic carbocycles. The van der Waals surface area contributed by atoms with Crippen molar-refractivity contribution in [2.45, 2.75) is 19.9 Å². The Hall–Kier alpha value is -1.94. The lowest BCUT2D eigenvalue weighted by Gasteiger charge is -2.16. The number of nitrogens with zero attached hydrogens (tertiary/aromatic N) is 2. The van der Waals surface area contributed by atoms with Crippen molar-refractivity contribution in [1.29, 1.82) is 0 Å². The fraction of sp³-hybridized carbons (Fsp3) is 0.200. The van der Waals surface area contributed by atoms with Gasteiger partial charge in [0.1, 0.15) is 0 Å². The van der Waals surface area contributed by atoms with Crippen LogP contribution in [0.2, 0.25) is 0 Å². The van der Waals surface area contributed by atoms with Gasteiger partial charge in [0.05, 0.1) is 17.4 Å². The lowest BCUT2D eigenvalue weighted by atomic mass is 10.1. The predicted octanol–water partition coefficient (Wildman–Crippen LogP) is 4.17. The first-order valence-electron chi connectivity index (χ1n) is 6.25. The number of aryl methyl sites for hydroxylation is 1. The Balaban J connectivity index is 1.86. The standard InChI is InChI=1S/C15H15N3S/c1-10-15(17-7-6-16-10)11(2)18-13-3-4-14-12(9-13)5-8-19-14/h3-9,11,18H,1-2H3. The number of anilines is 1. The molecule has 3 aromatic rings. The van der Waals surface area contributed by atoms with Crippen molar-refractivity contribution in [3.05, 3.63) is 53.4 Å². The number of rotatable bonds is 3.